The lowest BCUT2D eigenvalue weighted by molar-refractivity contribution is 0.462. The molecule has 0 saturated carbocycles. The number of rotatable bonds is 6. The van der Waals surface area contributed by atoms with Crippen molar-refractivity contribution in [2.45, 2.75) is 45.7 Å². The quantitative estimate of drug-likeness (QED) is 0.783. The second-order valence-electron chi connectivity index (χ2n) is 3.90. The zero-order valence-electron chi connectivity index (χ0n) is 9.59. The minimum Gasteiger partial charge on any atom is -0.310 e. The highest BCUT2D eigenvalue weighted by atomic mass is 127. The van der Waals surface area contributed by atoms with E-state index in [-0.39, 0.29) is 0 Å². The molecule has 1 unspecified atom stereocenters. The van der Waals surface area contributed by atoms with E-state index in [1.807, 2.05) is 0 Å². The first-order chi connectivity index (χ1) is 7.26. The van der Waals surface area contributed by atoms with Crippen LogP contribution in [0.3, 0.4) is 0 Å². The van der Waals surface area contributed by atoms with Gasteiger partial charge in [-0.3, -0.25) is 0 Å². The minimum atomic E-state index is 0.675. The summed E-state index contributed by atoms with van der Waals surface area (Å²) in [5, 5.41) is 3.60. The molecule has 1 atom stereocenters. The summed E-state index contributed by atoms with van der Waals surface area (Å²) in [7, 11) is 0. The van der Waals surface area contributed by atoms with E-state index in [0.717, 1.165) is 6.54 Å². The molecule has 1 nitrogen and oxygen atoms in total. The maximum atomic E-state index is 3.60. The van der Waals surface area contributed by atoms with Crippen LogP contribution in [0, 0.1) is 3.57 Å². The average Bonchev–Trinajstić information content (AvgIpc) is 2.26. The Kier molecular flexibility index (Phi) is 6.25. The van der Waals surface area contributed by atoms with Gasteiger partial charge in [0.15, 0.2) is 0 Å². The van der Waals surface area contributed by atoms with E-state index in [0.29, 0.717) is 6.04 Å². The van der Waals surface area contributed by atoms with Crippen LogP contribution in [0.2, 0.25) is 0 Å². The van der Waals surface area contributed by atoms with Crippen LogP contribution in [0.15, 0.2) is 24.3 Å². The van der Waals surface area contributed by atoms with Crippen LogP contribution in [-0.4, -0.2) is 6.04 Å². The molecule has 15 heavy (non-hydrogen) atoms. The Bertz CT molecular complexity index is 268. The Labute approximate surface area is 107 Å². The molecule has 84 valence electrons. The summed E-state index contributed by atoms with van der Waals surface area (Å²) >= 11 is 2.34. The maximum Gasteiger partial charge on any atom is 0.0208 e. The standard InChI is InChI=1S/C13H20IN/c1-3-5-13(4-2)15-10-11-6-8-12(14)9-7-11/h6-9,13,15H,3-5,10H2,1-2H3. The highest BCUT2D eigenvalue weighted by molar-refractivity contribution is 14.1. The molecule has 0 amide bonds. The first-order valence-electron chi connectivity index (χ1n) is 5.74. The Morgan fingerprint density at radius 2 is 1.87 bits per heavy atom. The largest absolute Gasteiger partial charge is 0.310 e. The van der Waals surface area contributed by atoms with Gasteiger partial charge >= 0.3 is 0 Å². The molecule has 1 aromatic rings. The van der Waals surface area contributed by atoms with E-state index in [1.165, 1.54) is 28.4 Å². The van der Waals surface area contributed by atoms with Crippen LogP contribution in [0.4, 0.5) is 0 Å². The van der Waals surface area contributed by atoms with Crippen molar-refractivity contribution in [1.82, 2.24) is 5.32 Å². The van der Waals surface area contributed by atoms with E-state index in [2.05, 4.69) is 66.0 Å². The van der Waals surface area contributed by atoms with Gasteiger partial charge < -0.3 is 5.32 Å². The highest BCUT2D eigenvalue weighted by Crippen LogP contribution is 2.08. The molecule has 0 aliphatic rings. The van der Waals surface area contributed by atoms with Crippen LogP contribution in [0.1, 0.15) is 38.7 Å². The summed E-state index contributed by atoms with van der Waals surface area (Å²) in [6, 6.07) is 9.41. The molecule has 1 rings (SSSR count). The van der Waals surface area contributed by atoms with E-state index in [4.69, 9.17) is 0 Å². The smallest absolute Gasteiger partial charge is 0.0208 e. The van der Waals surface area contributed by atoms with Crippen molar-refractivity contribution in [2.75, 3.05) is 0 Å². The number of benzene rings is 1. The van der Waals surface area contributed by atoms with Gasteiger partial charge in [-0.1, -0.05) is 32.4 Å². The summed E-state index contributed by atoms with van der Waals surface area (Å²) in [6.07, 6.45) is 3.76. The van der Waals surface area contributed by atoms with Crippen molar-refractivity contribution >= 4 is 22.6 Å². The normalized spacial score (nSPS) is 12.7. The van der Waals surface area contributed by atoms with Crippen LogP contribution in [-0.2, 0) is 6.54 Å². The van der Waals surface area contributed by atoms with Gasteiger partial charge in [-0.25, -0.2) is 0 Å². The zero-order chi connectivity index (χ0) is 11.1. The van der Waals surface area contributed by atoms with Crippen LogP contribution in [0.25, 0.3) is 0 Å². The fourth-order valence-electron chi connectivity index (χ4n) is 1.66. The van der Waals surface area contributed by atoms with Crippen LogP contribution < -0.4 is 5.32 Å². The van der Waals surface area contributed by atoms with Gasteiger partial charge in [0.2, 0.25) is 0 Å². The number of hydrogen-bond acceptors (Lipinski definition) is 1. The molecule has 0 saturated heterocycles. The van der Waals surface area contributed by atoms with E-state index < -0.39 is 0 Å². The Hall–Kier alpha value is -0.0900. The lowest BCUT2D eigenvalue weighted by Gasteiger charge is -2.15. The highest BCUT2D eigenvalue weighted by Gasteiger charge is 2.03. The summed E-state index contributed by atoms with van der Waals surface area (Å²) in [4.78, 5) is 0. The summed E-state index contributed by atoms with van der Waals surface area (Å²) < 4.78 is 1.30. The van der Waals surface area contributed by atoms with Gasteiger partial charge in [-0.15, -0.1) is 0 Å². The second kappa shape index (κ2) is 7.23. The SMILES string of the molecule is CCCC(CC)NCc1ccc(I)cc1. The molecule has 0 aliphatic heterocycles. The molecule has 2 heteroatoms. The fourth-order valence-corrected chi connectivity index (χ4v) is 2.02. The molecule has 1 N–H and O–H groups in total. The molecular weight excluding hydrogens is 297 g/mol. The zero-order valence-corrected chi connectivity index (χ0v) is 11.8. The predicted octanol–water partition coefficient (Wildman–Crippen LogP) is 3.96. The first-order valence-corrected chi connectivity index (χ1v) is 6.82. The van der Waals surface area contributed by atoms with Gasteiger partial charge in [0.1, 0.15) is 0 Å². The Morgan fingerprint density at radius 1 is 1.20 bits per heavy atom. The van der Waals surface area contributed by atoms with Crippen molar-refractivity contribution in [3.05, 3.63) is 33.4 Å². The lowest BCUT2D eigenvalue weighted by Crippen LogP contribution is -2.27. The Balaban J connectivity index is 2.38. The molecule has 0 bridgehead atoms. The first kappa shape index (κ1) is 13.0. The van der Waals surface area contributed by atoms with Crippen molar-refractivity contribution in [2.24, 2.45) is 0 Å². The molecule has 0 aliphatic carbocycles. The number of hydrogen-bond donors (Lipinski definition) is 1. The molecule has 0 heterocycles. The Morgan fingerprint density at radius 3 is 2.40 bits per heavy atom. The van der Waals surface area contributed by atoms with Crippen molar-refractivity contribution in [3.63, 3.8) is 0 Å². The average molecular weight is 317 g/mol. The van der Waals surface area contributed by atoms with Crippen molar-refractivity contribution in [1.29, 1.82) is 0 Å². The number of nitrogens with one attached hydrogen (secondary N) is 1. The summed E-state index contributed by atoms with van der Waals surface area (Å²) in [5.41, 5.74) is 1.38. The number of halogens is 1. The minimum absolute atomic E-state index is 0.675. The van der Waals surface area contributed by atoms with Crippen LogP contribution >= 0.6 is 22.6 Å². The monoisotopic (exact) mass is 317 g/mol. The van der Waals surface area contributed by atoms with E-state index in [1.54, 1.807) is 0 Å². The van der Waals surface area contributed by atoms with Crippen molar-refractivity contribution < 1.29 is 0 Å². The third kappa shape index (κ3) is 4.98. The summed E-state index contributed by atoms with van der Waals surface area (Å²) in [6.45, 7) is 5.49. The van der Waals surface area contributed by atoms with E-state index >= 15 is 0 Å². The fraction of sp³-hybridized carbons (Fsp3) is 0.538. The molecule has 0 fully saturated rings. The second-order valence-corrected chi connectivity index (χ2v) is 5.15. The third-order valence-electron chi connectivity index (χ3n) is 2.64. The summed E-state index contributed by atoms with van der Waals surface area (Å²) in [5.74, 6) is 0. The van der Waals surface area contributed by atoms with Gasteiger partial charge in [-0.05, 0) is 53.1 Å². The van der Waals surface area contributed by atoms with Gasteiger partial charge in [0.25, 0.3) is 0 Å². The topological polar surface area (TPSA) is 12.0 Å². The molecule has 0 spiro atoms. The lowest BCUT2D eigenvalue weighted by atomic mass is 10.1. The maximum absolute atomic E-state index is 3.60. The van der Waals surface area contributed by atoms with Gasteiger partial charge in [-0.2, -0.15) is 0 Å². The molecular formula is C13H20IN. The van der Waals surface area contributed by atoms with Crippen molar-refractivity contribution in [3.8, 4) is 0 Å². The molecule has 1 aromatic carbocycles. The third-order valence-corrected chi connectivity index (χ3v) is 3.36. The predicted molar refractivity (Wildman–Crippen MR) is 75.0 cm³/mol. The van der Waals surface area contributed by atoms with Crippen LogP contribution in [0.5, 0.6) is 0 Å². The molecule has 0 aromatic heterocycles. The van der Waals surface area contributed by atoms with Gasteiger partial charge in [0.05, 0.1) is 0 Å². The molecule has 0 radical (unpaired) electrons. The van der Waals surface area contributed by atoms with Gasteiger partial charge in [0, 0.05) is 16.2 Å². The van der Waals surface area contributed by atoms with E-state index in [9.17, 15) is 0 Å².